The Bertz CT molecular complexity index is 433. The molecule has 5 heteroatoms. The molecule has 2 heterocycles. The van der Waals surface area contributed by atoms with E-state index in [1.807, 2.05) is 17.5 Å². The summed E-state index contributed by atoms with van der Waals surface area (Å²) in [5.74, 6) is -0.123. The molecule has 0 radical (unpaired) electrons. The molecule has 0 saturated carbocycles. The molecule has 2 rings (SSSR count). The van der Waals surface area contributed by atoms with Crippen molar-refractivity contribution >= 4 is 17.3 Å². The second-order valence-electron chi connectivity index (χ2n) is 2.80. The lowest BCUT2D eigenvalue weighted by molar-refractivity contribution is -0.136. The Balaban J connectivity index is 2.22. The van der Waals surface area contributed by atoms with E-state index in [0.717, 1.165) is 10.7 Å². The summed E-state index contributed by atoms with van der Waals surface area (Å²) in [7, 11) is 0. The molecule has 0 aliphatic rings. The first-order valence-corrected chi connectivity index (χ1v) is 4.93. The fourth-order valence-corrected chi connectivity index (χ4v) is 1.83. The van der Waals surface area contributed by atoms with E-state index in [1.54, 1.807) is 17.5 Å². The maximum Gasteiger partial charge on any atom is 0.309 e. The van der Waals surface area contributed by atoms with Gasteiger partial charge in [0, 0.05) is 11.9 Å². The number of aliphatic carboxylic acids is 1. The van der Waals surface area contributed by atoms with Crippen LogP contribution < -0.4 is 0 Å². The van der Waals surface area contributed by atoms with Crippen molar-refractivity contribution in [1.82, 2.24) is 9.97 Å². The van der Waals surface area contributed by atoms with E-state index in [0.29, 0.717) is 5.69 Å². The zero-order chi connectivity index (χ0) is 9.97. The third-order valence-corrected chi connectivity index (χ3v) is 2.60. The number of aromatic nitrogens is 2. The molecule has 2 N–H and O–H groups in total. The van der Waals surface area contributed by atoms with E-state index in [9.17, 15) is 4.79 Å². The first-order chi connectivity index (χ1) is 6.75. The topological polar surface area (TPSA) is 66.0 Å². The largest absolute Gasteiger partial charge is 0.481 e. The number of rotatable bonds is 3. The smallest absolute Gasteiger partial charge is 0.309 e. The zero-order valence-electron chi connectivity index (χ0n) is 7.23. The Hall–Kier alpha value is -1.62. The number of carboxylic acids is 1. The lowest BCUT2D eigenvalue weighted by Gasteiger charge is -1.90. The van der Waals surface area contributed by atoms with Crippen LogP contribution in [0.15, 0.2) is 23.7 Å². The molecular weight excluding hydrogens is 200 g/mol. The van der Waals surface area contributed by atoms with Crippen LogP contribution in [0.4, 0.5) is 0 Å². The van der Waals surface area contributed by atoms with Gasteiger partial charge in [-0.1, -0.05) is 6.07 Å². The highest BCUT2D eigenvalue weighted by Gasteiger charge is 2.06. The number of nitrogens with zero attached hydrogens (tertiary/aromatic N) is 1. The van der Waals surface area contributed by atoms with Gasteiger partial charge in [-0.15, -0.1) is 11.3 Å². The standard InChI is InChI=1S/C9H8N2O2S/c12-8(13)4-6-5-10-9(11-6)7-2-1-3-14-7/h1-3,5H,4H2,(H,10,11)(H,12,13). The number of H-pyrrole nitrogens is 1. The molecule has 0 spiro atoms. The third-order valence-electron chi connectivity index (χ3n) is 1.72. The van der Waals surface area contributed by atoms with Crippen molar-refractivity contribution in [2.45, 2.75) is 6.42 Å². The third kappa shape index (κ3) is 1.82. The van der Waals surface area contributed by atoms with Crippen molar-refractivity contribution in [3.8, 4) is 10.7 Å². The Labute approximate surface area is 84.2 Å². The molecule has 2 aromatic heterocycles. The average Bonchev–Trinajstić information content (AvgIpc) is 2.69. The van der Waals surface area contributed by atoms with Crippen molar-refractivity contribution in [2.24, 2.45) is 0 Å². The summed E-state index contributed by atoms with van der Waals surface area (Å²) in [6.07, 6.45) is 1.54. The molecule has 0 aliphatic carbocycles. The van der Waals surface area contributed by atoms with Gasteiger partial charge in [-0.25, -0.2) is 4.98 Å². The van der Waals surface area contributed by atoms with E-state index >= 15 is 0 Å². The van der Waals surface area contributed by atoms with Gasteiger partial charge in [0.25, 0.3) is 0 Å². The summed E-state index contributed by atoms with van der Waals surface area (Å²) in [6.45, 7) is 0. The van der Waals surface area contributed by atoms with Crippen LogP contribution in [-0.4, -0.2) is 21.0 Å². The number of aromatic amines is 1. The number of nitrogens with one attached hydrogen (secondary N) is 1. The first kappa shape index (κ1) is 8.96. The number of carboxylic acid groups (broad SMARTS) is 1. The van der Waals surface area contributed by atoms with Crippen molar-refractivity contribution in [1.29, 1.82) is 0 Å². The summed E-state index contributed by atoms with van der Waals surface area (Å²) in [5.41, 5.74) is 0.626. The number of thiophene rings is 1. The highest BCUT2D eigenvalue weighted by atomic mass is 32.1. The maximum absolute atomic E-state index is 10.4. The lowest BCUT2D eigenvalue weighted by atomic mass is 10.3. The van der Waals surface area contributed by atoms with Crippen molar-refractivity contribution in [3.05, 3.63) is 29.4 Å². The monoisotopic (exact) mass is 208 g/mol. The molecule has 0 atom stereocenters. The molecular formula is C9H8N2O2S. The summed E-state index contributed by atoms with van der Waals surface area (Å²) >= 11 is 1.57. The van der Waals surface area contributed by atoms with Gasteiger partial charge >= 0.3 is 5.97 Å². The van der Waals surface area contributed by atoms with E-state index in [2.05, 4.69) is 9.97 Å². The Morgan fingerprint density at radius 1 is 1.64 bits per heavy atom. The van der Waals surface area contributed by atoms with Crippen LogP contribution >= 0.6 is 11.3 Å². The van der Waals surface area contributed by atoms with Crippen LogP contribution in [0.3, 0.4) is 0 Å². The fourth-order valence-electron chi connectivity index (χ4n) is 1.15. The normalized spacial score (nSPS) is 10.3. The molecule has 0 aromatic carbocycles. The number of hydrogen-bond acceptors (Lipinski definition) is 3. The Morgan fingerprint density at radius 3 is 3.14 bits per heavy atom. The van der Waals surface area contributed by atoms with Crippen LogP contribution in [0.5, 0.6) is 0 Å². The molecule has 0 bridgehead atoms. The van der Waals surface area contributed by atoms with Crippen molar-refractivity contribution < 1.29 is 9.90 Å². The second-order valence-corrected chi connectivity index (χ2v) is 3.75. The fraction of sp³-hybridized carbons (Fsp3) is 0.111. The number of hydrogen-bond donors (Lipinski definition) is 2. The van der Waals surface area contributed by atoms with E-state index in [4.69, 9.17) is 5.11 Å². The van der Waals surface area contributed by atoms with Crippen LogP contribution in [0.25, 0.3) is 10.7 Å². The predicted octanol–water partition coefficient (Wildman–Crippen LogP) is 1.77. The van der Waals surface area contributed by atoms with Gasteiger partial charge in [-0.3, -0.25) is 4.79 Å². The Kier molecular flexibility index (Phi) is 2.32. The minimum absolute atomic E-state index is 0.0155. The van der Waals surface area contributed by atoms with E-state index in [1.165, 1.54) is 0 Å². The van der Waals surface area contributed by atoms with Gasteiger partial charge in [0.2, 0.25) is 0 Å². The molecule has 0 fully saturated rings. The summed E-state index contributed by atoms with van der Waals surface area (Å²) in [5, 5.41) is 10.5. The minimum atomic E-state index is -0.855. The minimum Gasteiger partial charge on any atom is -0.481 e. The average molecular weight is 208 g/mol. The molecule has 14 heavy (non-hydrogen) atoms. The van der Waals surface area contributed by atoms with Gasteiger partial charge < -0.3 is 10.1 Å². The van der Waals surface area contributed by atoms with Gasteiger partial charge in [0.05, 0.1) is 11.3 Å². The molecule has 0 unspecified atom stereocenters. The van der Waals surface area contributed by atoms with E-state index < -0.39 is 5.97 Å². The van der Waals surface area contributed by atoms with Crippen molar-refractivity contribution in [2.75, 3.05) is 0 Å². The van der Waals surface area contributed by atoms with Gasteiger partial charge in [-0.05, 0) is 11.4 Å². The van der Waals surface area contributed by atoms with Crippen LogP contribution in [0.1, 0.15) is 5.69 Å². The first-order valence-electron chi connectivity index (χ1n) is 4.05. The highest BCUT2D eigenvalue weighted by Crippen LogP contribution is 2.21. The quantitative estimate of drug-likeness (QED) is 0.807. The highest BCUT2D eigenvalue weighted by molar-refractivity contribution is 7.13. The Morgan fingerprint density at radius 2 is 2.50 bits per heavy atom. The summed E-state index contributed by atoms with van der Waals surface area (Å²) < 4.78 is 0. The molecule has 2 aromatic rings. The SMILES string of the molecule is O=C(O)Cc1cnc(-c2cccs2)[nH]1. The summed E-state index contributed by atoms with van der Waals surface area (Å²) in [6, 6.07) is 3.87. The van der Waals surface area contributed by atoms with Crippen LogP contribution in [0, 0.1) is 0 Å². The van der Waals surface area contributed by atoms with Gasteiger partial charge in [0.15, 0.2) is 0 Å². The van der Waals surface area contributed by atoms with Crippen LogP contribution in [0.2, 0.25) is 0 Å². The predicted molar refractivity (Wildman–Crippen MR) is 53.2 cm³/mol. The van der Waals surface area contributed by atoms with Gasteiger partial charge in [0.1, 0.15) is 5.82 Å². The number of carbonyl (C=O) groups is 1. The molecule has 0 saturated heterocycles. The maximum atomic E-state index is 10.4. The van der Waals surface area contributed by atoms with Crippen molar-refractivity contribution in [3.63, 3.8) is 0 Å². The van der Waals surface area contributed by atoms with Crippen LogP contribution in [-0.2, 0) is 11.2 Å². The second kappa shape index (κ2) is 3.63. The zero-order valence-corrected chi connectivity index (χ0v) is 8.04. The summed E-state index contributed by atoms with van der Waals surface area (Å²) in [4.78, 5) is 18.5. The molecule has 0 amide bonds. The lowest BCUT2D eigenvalue weighted by Crippen LogP contribution is -1.99. The van der Waals surface area contributed by atoms with E-state index in [-0.39, 0.29) is 6.42 Å². The van der Waals surface area contributed by atoms with Gasteiger partial charge in [-0.2, -0.15) is 0 Å². The molecule has 0 aliphatic heterocycles. The molecule has 72 valence electrons. The molecule has 4 nitrogen and oxygen atoms in total. The number of imidazole rings is 1.